The lowest BCUT2D eigenvalue weighted by Gasteiger charge is -2.30. The number of hydrogen-bond donors (Lipinski definition) is 4. The molecule has 0 heterocycles. The Kier molecular flexibility index (Phi) is 7.45. The van der Waals surface area contributed by atoms with E-state index in [1.54, 1.807) is 0 Å². The van der Waals surface area contributed by atoms with Crippen LogP contribution in [0.5, 0.6) is 0 Å². The molecule has 0 bridgehead atoms. The van der Waals surface area contributed by atoms with Crippen molar-refractivity contribution in [2.24, 2.45) is 0 Å². The number of benzene rings is 4. The zero-order chi connectivity index (χ0) is 26.5. The summed E-state index contributed by atoms with van der Waals surface area (Å²) in [7, 11) is 0. The lowest BCUT2D eigenvalue weighted by molar-refractivity contribution is 0.153. The van der Waals surface area contributed by atoms with Crippen molar-refractivity contribution in [3.63, 3.8) is 0 Å². The van der Waals surface area contributed by atoms with Crippen LogP contribution in [0, 0.1) is 0 Å². The number of nitrogens with one attached hydrogen (secondary N) is 2. The fourth-order valence-electron chi connectivity index (χ4n) is 4.67. The molecule has 5 aromatic rings. The second-order valence-electron chi connectivity index (χ2n) is 9.18. The van der Waals surface area contributed by atoms with Crippen LogP contribution in [0.1, 0.15) is 46.5 Å². The van der Waals surface area contributed by atoms with Crippen molar-refractivity contribution >= 4 is 11.4 Å². The Morgan fingerprint density at radius 2 is 0.684 bits per heavy atom. The molecule has 190 valence electrons. The zero-order valence-corrected chi connectivity index (χ0v) is 20.6. The highest BCUT2D eigenvalue weighted by molar-refractivity contribution is 5.75. The van der Waals surface area contributed by atoms with Gasteiger partial charge in [0.15, 0.2) is 0 Å². The van der Waals surface area contributed by atoms with E-state index in [0.29, 0.717) is 11.1 Å². The average Bonchev–Trinajstić information content (AvgIpc) is 2.99. The number of rotatable bonds is 10. The normalized spacial score (nSPS) is 14.4. The molecule has 5 rings (SSSR count). The molecule has 0 saturated carbocycles. The molecule has 5 aromatic carbocycles. The lowest BCUT2D eigenvalue weighted by atomic mass is 9.93. The highest BCUT2D eigenvalue weighted by Crippen LogP contribution is 2.36. The third kappa shape index (κ3) is 5.13. The summed E-state index contributed by atoms with van der Waals surface area (Å²) in [5.74, 6) is 0. The molecule has 0 aliphatic rings. The summed E-state index contributed by atoms with van der Waals surface area (Å²) in [6, 6.07) is 35.5. The minimum atomic E-state index is -0.990. The van der Waals surface area contributed by atoms with Gasteiger partial charge in [-0.15, -0.1) is 0 Å². The largest absolute Gasteiger partial charge is 0.386 e. The maximum absolute atomic E-state index is 12.8. The first kappa shape index (κ1) is 25.1. The van der Waals surface area contributed by atoms with Gasteiger partial charge in [-0.05, 0) is 22.3 Å². The van der Waals surface area contributed by atoms with Crippen LogP contribution in [0.15, 0.2) is 131 Å². The zero-order valence-electron chi connectivity index (χ0n) is 20.6. The monoisotopic (exact) mass is 504 g/mol. The smallest absolute Gasteiger partial charge is 0.253 e. The third-order valence-electron chi connectivity index (χ3n) is 6.74. The number of anilines is 2. The van der Waals surface area contributed by atoms with Gasteiger partial charge >= 0.3 is 0 Å². The van der Waals surface area contributed by atoms with Gasteiger partial charge in [-0.2, -0.15) is 0 Å². The Labute approximate surface area is 220 Å². The molecule has 0 radical (unpaired) electrons. The van der Waals surface area contributed by atoms with Crippen LogP contribution >= 0.6 is 0 Å². The van der Waals surface area contributed by atoms with E-state index in [1.807, 2.05) is 121 Å². The van der Waals surface area contributed by atoms with Crippen molar-refractivity contribution in [3.05, 3.63) is 164 Å². The molecule has 0 aliphatic heterocycles. The van der Waals surface area contributed by atoms with E-state index in [-0.39, 0.29) is 11.4 Å². The third-order valence-corrected chi connectivity index (χ3v) is 6.74. The van der Waals surface area contributed by atoms with Gasteiger partial charge in [-0.3, -0.25) is 9.59 Å². The average molecular weight is 505 g/mol. The summed E-state index contributed by atoms with van der Waals surface area (Å²) >= 11 is 0. The van der Waals surface area contributed by atoms with Crippen LogP contribution in [-0.4, -0.2) is 10.2 Å². The molecule has 4 atom stereocenters. The first-order valence-corrected chi connectivity index (χ1v) is 12.5. The van der Waals surface area contributed by atoms with E-state index in [2.05, 4.69) is 10.6 Å². The molecule has 0 spiro atoms. The molecular formula is C32H28N2O4. The van der Waals surface area contributed by atoms with Gasteiger partial charge in [0.2, 0.25) is 0 Å². The van der Waals surface area contributed by atoms with Gasteiger partial charge < -0.3 is 20.8 Å². The first-order chi connectivity index (χ1) is 18.5. The minimum absolute atomic E-state index is 0.0834. The molecule has 0 aromatic heterocycles. The van der Waals surface area contributed by atoms with Gasteiger partial charge in [0.25, 0.3) is 10.9 Å². The van der Waals surface area contributed by atoms with Gasteiger partial charge in [-0.25, -0.2) is 0 Å². The quantitative estimate of drug-likeness (QED) is 0.199. The van der Waals surface area contributed by atoms with Crippen molar-refractivity contribution < 1.29 is 10.2 Å². The fourth-order valence-corrected chi connectivity index (χ4v) is 4.67. The van der Waals surface area contributed by atoms with Gasteiger partial charge in [0.1, 0.15) is 23.6 Å². The van der Waals surface area contributed by atoms with Crippen LogP contribution in [0.2, 0.25) is 0 Å². The number of aliphatic hydroxyl groups excluding tert-OH is 2. The van der Waals surface area contributed by atoms with Crippen molar-refractivity contribution in [1.82, 2.24) is 0 Å². The number of aliphatic hydroxyl groups is 2. The molecule has 6 nitrogen and oxygen atoms in total. The van der Waals surface area contributed by atoms with Crippen LogP contribution in [-0.2, 0) is 0 Å². The lowest BCUT2D eigenvalue weighted by Crippen LogP contribution is -2.40. The van der Waals surface area contributed by atoms with E-state index in [4.69, 9.17) is 0 Å². The summed E-state index contributed by atoms with van der Waals surface area (Å²) in [6.07, 6.45) is -1.98. The summed E-state index contributed by atoms with van der Waals surface area (Å²) < 4.78 is 0. The van der Waals surface area contributed by atoms with Crippen LogP contribution in [0.25, 0.3) is 0 Å². The molecule has 0 aliphatic carbocycles. The summed E-state index contributed by atoms with van der Waals surface area (Å²) in [6.45, 7) is 0. The Morgan fingerprint density at radius 3 is 0.974 bits per heavy atom. The van der Waals surface area contributed by atoms with Gasteiger partial charge in [-0.1, -0.05) is 121 Å². The van der Waals surface area contributed by atoms with E-state index in [0.717, 1.165) is 11.1 Å². The predicted octanol–water partition coefficient (Wildman–Crippen LogP) is 5.06. The van der Waals surface area contributed by atoms with Crippen molar-refractivity contribution in [3.8, 4) is 0 Å². The van der Waals surface area contributed by atoms with E-state index >= 15 is 0 Å². The number of hydrogen-bond acceptors (Lipinski definition) is 6. The van der Waals surface area contributed by atoms with Crippen LogP contribution < -0.4 is 21.5 Å². The summed E-state index contributed by atoms with van der Waals surface area (Å²) in [4.78, 5) is 25.6. The predicted molar refractivity (Wildman–Crippen MR) is 150 cm³/mol. The molecule has 0 amide bonds. The van der Waals surface area contributed by atoms with E-state index in [1.165, 1.54) is 0 Å². The van der Waals surface area contributed by atoms with Gasteiger partial charge in [0, 0.05) is 0 Å². The van der Waals surface area contributed by atoms with Crippen molar-refractivity contribution in [2.75, 3.05) is 10.6 Å². The molecular weight excluding hydrogens is 476 g/mol. The fraction of sp³-hybridized carbons (Fsp3) is 0.125. The van der Waals surface area contributed by atoms with Crippen LogP contribution in [0.4, 0.5) is 11.4 Å². The molecule has 38 heavy (non-hydrogen) atoms. The Morgan fingerprint density at radius 1 is 0.421 bits per heavy atom. The summed E-state index contributed by atoms with van der Waals surface area (Å²) in [5.41, 5.74) is 1.68. The van der Waals surface area contributed by atoms with Crippen molar-refractivity contribution in [1.29, 1.82) is 0 Å². The second kappa shape index (κ2) is 11.3. The van der Waals surface area contributed by atoms with Gasteiger partial charge in [0.05, 0.1) is 12.1 Å². The first-order valence-electron chi connectivity index (χ1n) is 12.5. The molecule has 4 N–H and O–H groups in total. The molecule has 0 saturated heterocycles. The highest BCUT2D eigenvalue weighted by Gasteiger charge is 2.32. The Balaban J connectivity index is 1.50. The topological polar surface area (TPSA) is 98.7 Å². The molecule has 0 fully saturated rings. The minimum Gasteiger partial charge on any atom is -0.386 e. The highest BCUT2D eigenvalue weighted by atomic mass is 16.3. The standard InChI is InChI=1S/C32H28N2O4/c35-29(23-17-9-3-10-18-23)25(21-13-5-1-6-14-21)33-27-28(32(38)31(27)37)34-26(22-15-7-2-8-16-22)30(36)24-19-11-4-12-20-24/h1-20,25-26,29-30,33-36H/t25-,26-,29+,30+/m0/s1. The maximum Gasteiger partial charge on any atom is 0.253 e. The Hall–Kier alpha value is -4.52. The van der Waals surface area contributed by atoms with E-state index < -0.39 is 35.1 Å². The summed E-state index contributed by atoms with van der Waals surface area (Å²) in [5, 5.41) is 28.9. The van der Waals surface area contributed by atoms with Crippen LogP contribution in [0.3, 0.4) is 0 Å². The Bertz CT molecular complexity index is 1410. The molecule has 0 unspecified atom stereocenters. The van der Waals surface area contributed by atoms with E-state index in [9.17, 15) is 19.8 Å². The maximum atomic E-state index is 12.8. The van der Waals surface area contributed by atoms with Crippen molar-refractivity contribution in [2.45, 2.75) is 24.3 Å². The second-order valence-corrected chi connectivity index (χ2v) is 9.18. The SMILES string of the molecule is O=c1c(N[C@@H](c2ccccc2)[C@H](O)c2ccccc2)c(N[C@@H](c2ccccc2)[C@H](O)c2ccccc2)c1=O. The molecule has 6 heteroatoms.